The van der Waals surface area contributed by atoms with E-state index in [1.165, 1.54) is 18.2 Å². The molecule has 1 aliphatic heterocycles. The first-order valence-corrected chi connectivity index (χ1v) is 6.71. The van der Waals surface area contributed by atoms with Gasteiger partial charge in [0.2, 0.25) is 0 Å². The third-order valence-corrected chi connectivity index (χ3v) is 3.33. The third-order valence-electron chi connectivity index (χ3n) is 2.84. The number of hydrogen-bond donors (Lipinski definition) is 2. The topological polar surface area (TPSA) is 54.3 Å². The van der Waals surface area contributed by atoms with Crippen LogP contribution in [0.1, 0.15) is 5.76 Å². The fourth-order valence-corrected chi connectivity index (χ4v) is 2.24. The molecule has 2 heterocycles. The number of carbonyl (C=O) groups excluding carboxylic acids is 1. The molecule has 2 N–H and O–H groups in total. The lowest BCUT2D eigenvalue weighted by Gasteiger charge is -1.99. The smallest absolute Gasteiger partial charge is 0.274 e. The van der Waals surface area contributed by atoms with Crippen LogP contribution in [0.15, 0.2) is 40.4 Å². The number of amides is 1. The molecule has 106 valence electrons. The van der Waals surface area contributed by atoms with Crippen molar-refractivity contribution in [3.05, 3.63) is 52.6 Å². The van der Waals surface area contributed by atoms with Crippen molar-refractivity contribution in [1.82, 2.24) is 10.6 Å². The summed E-state index contributed by atoms with van der Waals surface area (Å²) >= 11 is 10.6. The van der Waals surface area contributed by atoms with E-state index in [2.05, 4.69) is 10.6 Å². The van der Waals surface area contributed by atoms with E-state index in [0.29, 0.717) is 22.8 Å². The van der Waals surface area contributed by atoms with E-state index >= 15 is 0 Å². The maximum Gasteiger partial charge on any atom is 0.274 e. The third kappa shape index (κ3) is 2.81. The molecule has 4 nitrogen and oxygen atoms in total. The monoisotopic (exact) mass is 322 g/mol. The van der Waals surface area contributed by atoms with Crippen LogP contribution in [-0.2, 0) is 4.79 Å². The zero-order valence-electron chi connectivity index (χ0n) is 10.4. The van der Waals surface area contributed by atoms with Gasteiger partial charge in [-0.15, -0.1) is 0 Å². The molecule has 0 spiro atoms. The molecule has 1 fully saturated rings. The number of rotatable bonds is 2. The molecule has 3 rings (SSSR count). The molecule has 1 amide bonds. The number of furan rings is 1. The first kappa shape index (κ1) is 13.8. The summed E-state index contributed by atoms with van der Waals surface area (Å²) in [4.78, 5) is 11.5. The first-order valence-electron chi connectivity index (χ1n) is 5.92. The quantitative estimate of drug-likeness (QED) is 0.659. The first-order chi connectivity index (χ1) is 10.0. The Morgan fingerprint density at radius 3 is 2.71 bits per heavy atom. The number of benzene rings is 1. The van der Waals surface area contributed by atoms with Crippen LogP contribution >= 0.6 is 23.8 Å². The van der Waals surface area contributed by atoms with Crippen molar-refractivity contribution in [2.24, 2.45) is 0 Å². The molecule has 0 atom stereocenters. The van der Waals surface area contributed by atoms with Gasteiger partial charge in [-0.05, 0) is 42.5 Å². The maximum atomic E-state index is 13.1. The second-order valence-corrected chi connectivity index (χ2v) is 5.11. The Hall–Kier alpha value is -2.18. The Kier molecular flexibility index (Phi) is 3.48. The number of hydrogen-bond acceptors (Lipinski definition) is 3. The van der Waals surface area contributed by atoms with Crippen molar-refractivity contribution in [3.8, 4) is 11.3 Å². The fraction of sp³-hybridized carbons (Fsp3) is 0. The molecule has 1 saturated heterocycles. The summed E-state index contributed by atoms with van der Waals surface area (Å²) in [7, 11) is 0. The number of carbonyl (C=O) groups is 1. The fourth-order valence-electron chi connectivity index (χ4n) is 1.86. The van der Waals surface area contributed by atoms with Crippen LogP contribution in [0.3, 0.4) is 0 Å². The van der Waals surface area contributed by atoms with E-state index in [9.17, 15) is 9.18 Å². The Labute approximate surface area is 129 Å². The molecule has 0 unspecified atom stereocenters. The molecular weight excluding hydrogens is 315 g/mol. The number of halogens is 2. The molecule has 0 saturated carbocycles. The zero-order chi connectivity index (χ0) is 15.0. The molecule has 1 aromatic heterocycles. The predicted molar refractivity (Wildman–Crippen MR) is 81.0 cm³/mol. The van der Waals surface area contributed by atoms with Crippen LogP contribution < -0.4 is 10.6 Å². The van der Waals surface area contributed by atoms with Crippen LogP contribution in [0.25, 0.3) is 17.4 Å². The average molecular weight is 323 g/mol. The normalized spacial score (nSPS) is 16.2. The van der Waals surface area contributed by atoms with E-state index in [-0.39, 0.29) is 16.0 Å². The summed E-state index contributed by atoms with van der Waals surface area (Å²) < 4.78 is 18.7. The molecule has 1 aliphatic rings. The molecule has 1 aromatic carbocycles. The summed E-state index contributed by atoms with van der Waals surface area (Å²) in [5.41, 5.74) is 0.948. The molecule has 0 aliphatic carbocycles. The Morgan fingerprint density at radius 1 is 1.24 bits per heavy atom. The highest BCUT2D eigenvalue weighted by molar-refractivity contribution is 7.80. The summed E-state index contributed by atoms with van der Waals surface area (Å²) in [5, 5.41) is 5.44. The molecule has 0 bridgehead atoms. The SMILES string of the molecule is O=C1NC(=S)N/C1=C\c1ccc(-c2ccc(F)c(Cl)c2)o1. The van der Waals surface area contributed by atoms with Crippen molar-refractivity contribution in [2.45, 2.75) is 0 Å². The Balaban J connectivity index is 1.90. The van der Waals surface area contributed by atoms with Crippen LogP contribution in [0.4, 0.5) is 4.39 Å². The van der Waals surface area contributed by atoms with Gasteiger partial charge < -0.3 is 9.73 Å². The van der Waals surface area contributed by atoms with E-state index in [4.69, 9.17) is 28.2 Å². The minimum absolute atomic E-state index is 0.0194. The maximum absolute atomic E-state index is 13.1. The standard InChI is InChI=1S/C14H8ClFN2O2S/c15-9-5-7(1-3-10(9)16)12-4-2-8(20-12)6-11-13(19)18-14(21)17-11/h1-6H,(H2,17,18,19,21)/b11-6-. The van der Waals surface area contributed by atoms with Crippen molar-refractivity contribution in [1.29, 1.82) is 0 Å². The lowest BCUT2D eigenvalue weighted by atomic mass is 10.2. The lowest BCUT2D eigenvalue weighted by molar-refractivity contribution is -0.115. The minimum Gasteiger partial charge on any atom is -0.457 e. The minimum atomic E-state index is -0.491. The second kappa shape index (κ2) is 5.31. The van der Waals surface area contributed by atoms with Gasteiger partial charge in [-0.25, -0.2) is 4.39 Å². The highest BCUT2D eigenvalue weighted by Gasteiger charge is 2.20. The molecule has 7 heteroatoms. The average Bonchev–Trinajstić information content (AvgIpc) is 3.01. The largest absolute Gasteiger partial charge is 0.457 e. The Bertz CT molecular complexity index is 785. The van der Waals surface area contributed by atoms with E-state index < -0.39 is 5.82 Å². The van der Waals surface area contributed by atoms with Crippen molar-refractivity contribution < 1.29 is 13.6 Å². The second-order valence-electron chi connectivity index (χ2n) is 4.30. The van der Waals surface area contributed by atoms with Crippen LogP contribution in [0, 0.1) is 5.82 Å². The van der Waals surface area contributed by atoms with Gasteiger partial charge in [0.25, 0.3) is 5.91 Å². The van der Waals surface area contributed by atoms with Crippen LogP contribution in [0.5, 0.6) is 0 Å². The van der Waals surface area contributed by atoms with Gasteiger partial charge in [0.15, 0.2) is 5.11 Å². The van der Waals surface area contributed by atoms with Gasteiger partial charge in [-0.1, -0.05) is 11.6 Å². The van der Waals surface area contributed by atoms with Crippen molar-refractivity contribution >= 4 is 40.9 Å². The van der Waals surface area contributed by atoms with Crippen LogP contribution in [0.2, 0.25) is 5.02 Å². The summed E-state index contributed by atoms with van der Waals surface area (Å²) in [6.07, 6.45) is 1.53. The highest BCUT2D eigenvalue weighted by atomic mass is 35.5. The summed E-state index contributed by atoms with van der Waals surface area (Å²) in [6, 6.07) is 7.70. The summed E-state index contributed by atoms with van der Waals surface area (Å²) in [6.45, 7) is 0. The zero-order valence-corrected chi connectivity index (χ0v) is 12.0. The predicted octanol–water partition coefficient (Wildman–Crippen LogP) is 3.08. The number of nitrogens with one attached hydrogen (secondary N) is 2. The molecule has 0 radical (unpaired) electrons. The van der Waals surface area contributed by atoms with Gasteiger partial charge in [-0.2, -0.15) is 0 Å². The van der Waals surface area contributed by atoms with E-state index in [0.717, 1.165) is 0 Å². The Morgan fingerprint density at radius 2 is 2.05 bits per heavy atom. The highest BCUT2D eigenvalue weighted by Crippen LogP contribution is 2.27. The van der Waals surface area contributed by atoms with Gasteiger partial charge in [0.1, 0.15) is 23.0 Å². The van der Waals surface area contributed by atoms with Crippen molar-refractivity contribution in [3.63, 3.8) is 0 Å². The van der Waals surface area contributed by atoms with Gasteiger partial charge in [0.05, 0.1) is 5.02 Å². The van der Waals surface area contributed by atoms with Crippen LogP contribution in [-0.4, -0.2) is 11.0 Å². The van der Waals surface area contributed by atoms with Gasteiger partial charge in [0, 0.05) is 11.6 Å². The van der Waals surface area contributed by atoms with Gasteiger partial charge in [-0.3, -0.25) is 10.1 Å². The van der Waals surface area contributed by atoms with Crippen molar-refractivity contribution in [2.75, 3.05) is 0 Å². The molecular formula is C14H8ClFN2O2S. The summed E-state index contributed by atoms with van der Waals surface area (Å²) in [5.74, 6) is 0.176. The number of thiocarbonyl (C=S) groups is 1. The van der Waals surface area contributed by atoms with Gasteiger partial charge >= 0.3 is 0 Å². The van der Waals surface area contributed by atoms with E-state index in [1.54, 1.807) is 18.2 Å². The van der Waals surface area contributed by atoms with E-state index in [1.807, 2.05) is 0 Å². The lowest BCUT2D eigenvalue weighted by Crippen LogP contribution is -2.21. The molecule has 21 heavy (non-hydrogen) atoms. The molecule has 2 aromatic rings.